The fraction of sp³-hybridized carbons (Fsp3) is 0.357. The molecule has 0 heterocycles. The molecule has 0 bridgehead atoms. The van der Waals surface area contributed by atoms with Crippen molar-refractivity contribution in [2.75, 3.05) is 0 Å². The van der Waals surface area contributed by atoms with Crippen LogP contribution < -0.4 is 0 Å². The van der Waals surface area contributed by atoms with Crippen molar-refractivity contribution in [1.82, 2.24) is 0 Å². The highest BCUT2D eigenvalue weighted by molar-refractivity contribution is 5.60. The Morgan fingerprint density at radius 3 is 2.71 bits per heavy atom. The molecule has 0 aliphatic carbocycles. The summed E-state index contributed by atoms with van der Waals surface area (Å²) in [6.07, 6.45) is 1.10. The number of rotatable bonds is 3. The molecule has 1 aromatic rings. The third-order valence-electron chi connectivity index (χ3n) is 1.93. The van der Waals surface area contributed by atoms with Crippen molar-refractivity contribution in [3.8, 4) is 0 Å². The predicted molar refractivity (Wildman–Crippen MR) is 67.6 cm³/mol. The molecule has 1 rings (SSSR count). The Morgan fingerprint density at radius 1 is 1.41 bits per heavy atom. The van der Waals surface area contributed by atoms with Gasteiger partial charge in [-0.3, -0.25) is 0 Å². The van der Waals surface area contributed by atoms with Gasteiger partial charge in [-0.2, -0.15) is 0 Å². The van der Waals surface area contributed by atoms with E-state index in [0.717, 1.165) is 11.1 Å². The van der Waals surface area contributed by atoms with E-state index in [4.69, 9.17) is 9.47 Å². The van der Waals surface area contributed by atoms with E-state index < -0.39 is 11.8 Å². The van der Waals surface area contributed by atoms with Crippen LogP contribution >= 0.6 is 0 Å². The third-order valence-corrected chi connectivity index (χ3v) is 1.93. The largest absolute Gasteiger partial charge is 0.509 e. The number of hydrogen-bond acceptors (Lipinski definition) is 3. The van der Waals surface area contributed by atoms with Crippen molar-refractivity contribution in [3.05, 3.63) is 42.0 Å². The normalized spacial score (nSPS) is 10.8. The molecule has 0 aliphatic rings. The summed E-state index contributed by atoms with van der Waals surface area (Å²) in [5.41, 5.74) is 1.38. The van der Waals surface area contributed by atoms with Gasteiger partial charge in [-0.15, -0.1) is 0 Å². The zero-order valence-electron chi connectivity index (χ0n) is 10.5. The molecule has 17 heavy (non-hydrogen) atoms. The molecule has 0 N–H and O–H groups in total. The highest BCUT2D eigenvalue weighted by Crippen LogP contribution is 2.11. The summed E-state index contributed by atoms with van der Waals surface area (Å²) in [7, 11) is 0. The fourth-order valence-electron chi connectivity index (χ4n) is 1.23. The van der Waals surface area contributed by atoms with E-state index >= 15 is 0 Å². The van der Waals surface area contributed by atoms with Crippen LogP contribution in [-0.2, 0) is 16.1 Å². The Morgan fingerprint density at radius 2 is 2.12 bits per heavy atom. The van der Waals surface area contributed by atoms with Gasteiger partial charge in [-0.25, -0.2) is 4.79 Å². The van der Waals surface area contributed by atoms with Gasteiger partial charge < -0.3 is 9.47 Å². The summed E-state index contributed by atoms with van der Waals surface area (Å²) in [5.74, 6) is 0. The van der Waals surface area contributed by atoms with Gasteiger partial charge in [-0.1, -0.05) is 30.9 Å². The van der Waals surface area contributed by atoms with Gasteiger partial charge >= 0.3 is 6.16 Å². The molecule has 0 saturated heterocycles. The third kappa shape index (κ3) is 5.20. The monoisotopic (exact) mass is 234 g/mol. The lowest BCUT2D eigenvalue weighted by Gasteiger charge is -2.18. The lowest BCUT2D eigenvalue weighted by Crippen LogP contribution is -2.24. The number of carbonyl (C=O) groups excluding carboxylic acids is 1. The lowest BCUT2D eigenvalue weighted by atomic mass is 10.1. The average molecular weight is 234 g/mol. The topological polar surface area (TPSA) is 35.5 Å². The number of ether oxygens (including phenoxy) is 2. The first-order valence-electron chi connectivity index (χ1n) is 5.48. The minimum Gasteiger partial charge on any atom is -0.429 e. The summed E-state index contributed by atoms with van der Waals surface area (Å²) >= 11 is 0. The minimum atomic E-state index is -0.651. The van der Waals surface area contributed by atoms with Crippen LogP contribution in [0.3, 0.4) is 0 Å². The van der Waals surface area contributed by atoms with Crippen LogP contribution in [-0.4, -0.2) is 11.8 Å². The minimum absolute atomic E-state index is 0.205. The Labute approximate surface area is 102 Å². The Bertz CT molecular complexity index is 402. The maximum absolute atomic E-state index is 11.3. The van der Waals surface area contributed by atoms with Crippen LogP contribution in [0, 0.1) is 0 Å². The summed E-state index contributed by atoms with van der Waals surface area (Å²) in [6, 6.07) is 7.63. The van der Waals surface area contributed by atoms with E-state index in [2.05, 4.69) is 6.58 Å². The molecule has 1 aromatic carbocycles. The van der Waals surface area contributed by atoms with E-state index in [1.165, 1.54) is 0 Å². The van der Waals surface area contributed by atoms with Crippen molar-refractivity contribution in [1.29, 1.82) is 0 Å². The standard InChI is InChI=1S/C14H18O3/c1-5-11-7-6-8-12(9-11)10-16-13(15)17-14(2,3)4/h5-9H,1,10H2,2-4H3. The van der Waals surface area contributed by atoms with Crippen molar-refractivity contribution in [2.45, 2.75) is 33.0 Å². The average Bonchev–Trinajstić information content (AvgIpc) is 2.24. The summed E-state index contributed by atoms with van der Waals surface area (Å²) in [4.78, 5) is 11.3. The second-order valence-corrected chi connectivity index (χ2v) is 4.70. The van der Waals surface area contributed by atoms with Gasteiger partial charge in [0, 0.05) is 0 Å². The predicted octanol–water partition coefficient (Wildman–Crippen LogP) is 3.78. The van der Waals surface area contributed by atoms with Gasteiger partial charge in [0.05, 0.1) is 0 Å². The zero-order valence-corrected chi connectivity index (χ0v) is 10.5. The summed E-state index contributed by atoms with van der Waals surface area (Å²) in [5, 5.41) is 0. The SMILES string of the molecule is C=Cc1cccc(COC(=O)OC(C)(C)C)c1. The number of carbonyl (C=O) groups is 1. The van der Waals surface area contributed by atoms with Crippen LogP contribution in [0.15, 0.2) is 30.8 Å². The van der Waals surface area contributed by atoms with Gasteiger partial charge in [0.15, 0.2) is 0 Å². The van der Waals surface area contributed by atoms with Crippen LogP contribution in [0.25, 0.3) is 6.08 Å². The number of benzene rings is 1. The Hall–Kier alpha value is -1.77. The molecule has 0 fully saturated rings. The van der Waals surface area contributed by atoms with Crippen molar-refractivity contribution >= 4 is 12.2 Å². The number of hydrogen-bond donors (Lipinski definition) is 0. The highest BCUT2D eigenvalue weighted by Gasteiger charge is 2.17. The molecule has 0 aliphatic heterocycles. The van der Waals surface area contributed by atoms with Gasteiger partial charge in [0.1, 0.15) is 12.2 Å². The highest BCUT2D eigenvalue weighted by atomic mass is 16.7. The molecule has 0 saturated carbocycles. The van der Waals surface area contributed by atoms with E-state index in [1.54, 1.807) is 26.8 Å². The first-order valence-corrected chi connectivity index (χ1v) is 5.48. The molecule has 3 heteroatoms. The van der Waals surface area contributed by atoms with Crippen molar-refractivity contribution in [2.24, 2.45) is 0 Å². The zero-order chi connectivity index (χ0) is 12.9. The van der Waals surface area contributed by atoms with Crippen LogP contribution in [0.4, 0.5) is 4.79 Å². The summed E-state index contributed by atoms with van der Waals surface area (Å²) in [6.45, 7) is 9.28. The molecule has 0 aromatic heterocycles. The van der Waals surface area contributed by atoms with Crippen LogP contribution in [0.1, 0.15) is 31.9 Å². The van der Waals surface area contributed by atoms with Gasteiger partial charge in [0.2, 0.25) is 0 Å². The fourth-order valence-corrected chi connectivity index (χ4v) is 1.23. The smallest absolute Gasteiger partial charge is 0.429 e. The van der Waals surface area contributed by atoms with E-state index in [9.17, 15) is 4.79 Å². The molecule has 0 amide bonds. The van der Waals surface area contributed by atoms with E-state index in [0.29, 0.717) is 0 Å². The molecular weight excluding hydrogens is 216 g/mol. The van der Waals surface area contributed by atoms with E-state index in [1.807, 2.05) is 24.3 Å². The molecule has 92 valence electrons. The van der Waals surface area contributed by atoms with Crippen molar-refractivity contribution in [3.63, 3.8) is 0 Å². The second kappa shape index (κ2) is 5.53. The molecule has 0 atom stereocenters. The Balaban J connectivity index is 2.50. The first-order chi connectivity index (χ1) is 7.90. The molecule has 0 unspecified atom stereocenters. The van der Waals surface area contributed by atoms with Crippen LogP contribution in [0.5, 0.6) is 0 Å². The maximum atomic E-state index is 11.3. The lowest BCUT2D eigenvalue weighted by molar-refractivity contribution is -0.0108. The Kier molecular flexibility index (Phi) is 4.32. The van der Waals surface area contributed by atoms with Gasteiger partial charge in [0.25, 0.3) is 0 Å². The molecular formula is C14H18O3. The van der Waals surface area contributed by atoms with Crippen LogP contribution in [0.2, 0.25) is 0 Å². The first kappa shape index (κ1) is 13.3. The quantitative estimate of drug-likeness (QED) is 0.746. The van der Waals surface area contributed by atoms with Gasteiger partial charge in [-0.05, 0) is 38.0 Å². The molecule has 3 nitrogen and oxygen atoms in total. The second-order valence-electron chi connectivity index (χ2n) is 4.70. The van der Waals surface area contributed by atoms with Crippen molar-refractivity contribution < 1.29 is 14.3 Å². The summed E-state index contributed by atoms with van der Waals surface area (Å²) < 4.78 is 10.0. The molecule has 0 spiro atoms. The van der Waals surface area contributed by atoms with E-state index in [-0.39, 0.29) is 6.61 Å². The molecule has 0 radical (unpaired) electrons. The maximum Gasteiger partial charge on any atom is 0.509 e.